The minimum Gasteiger partial charge on any atom is -0.382 e. The van der Waals surface area contributed by atoms with Gasteiger partial charge in [-0.1, -0.05) is 36.9 Å². The van der Waals surface area contributed by atoms with Crippen molar-refractivity contribution in [1.82, 2.24) is 4.90 Å². The van der Waals surface area contributed by atoms with Crippen molar-refractivity contribution in [2.75, 3.05) is 14.1 Å². The number of likely N-dealkylation sites (N-methyl/N-ethyl adjacent to an activating group) is 1. The number of aliphatic hydroxyl groups is 1. The minimum atomic E-state index is -0.601. The van der Waals surface area contributed by atoms with E-state index < -0.39 is 6.10 Å². The zero-order valence-electron chi connectivity index (χ0n) is 8.07. The standard InChI is InChI=1S/C11H15NO/c1-9(12(2)3)11(13)10-7-5-4-6-8-10/h4-8,11,13H,1H2,2-3H3. The summed E-state index contributed by atoms with van der Waals surface area (Å²) in [6.45, 7) is 3.81. The molecule has 0 aliphatic rings. The van der Waals surface area contributed by atoms with Crippen LogP contribution in [0.1, 0.15) is 11.7 Å². The molecule has 0 saturated carbocycles. The van der Waals surface area contributed by atoms with Gasteiger partial charge in [0.05, 0.1) is 0 Å². The molecular formula is C11H15NO. The summed E-state index contributed by atoms with van der Waals surface area (Å²) >= 11 is 0. The third-order valence-electron chi connectivity index (χ3n) is 2.01. The van der Waals surface area contributed by atoms with Crippen molar-refractivity contribution in [2.45, 2.75) is 6.10 Å². The smallest absolute Gasteiger partial charge is 0.118 e. The van der Waals surface area contributed by atoms with Gasteiger partial charge in [0.25, 0.3) is 0 Å². The number of benzene rings is 1. The second kappa shape index (κ2) is 4.10. The molecule has 1 aromatic carbocycles. The van der Waals surface area contributed by atoms with E-state index >= 15 is 0 Å². The van der Waals surface area contributed by atoms with Crippen LogP contribution < -0.4 is 0 Å². The van der Waals surface area contributed by atoms with E-state index in [2.05, 4.69) is 6.58 Å². The molecule has 0 bridgehead atoms. The zero-order chi connectivity index (χ0) is 9.84. The van der Waals surface area contributed by atoms with Gasteiger partial charge in [-0.15, -0.1) is 0 Å². The van der Waals surface area contributed by atoms with E-state index in [9.17, 15) is 5.11 Å². The Labute approximate surface area is 79.1 Å². The number of rotatable bonds is 3. The van der Waals surface area contributed by atoms with Crippen LogP contribution in [0.4, 0.5) is 0 Å². The molecule has 0 heterocycles. The molecular weight excluding hydrogens is 162 g/mol. The summed E-state index contributed by atoms with van der Waals surface area (Å²) in [6.07, 6.45) is -0.601. The van der Waals surface area contributed by atoms with E-state index in [1.54, 1.807) is 0 Å². The Morgan fingerprint density at radius 1 is 1.31 bits per heavy atom. The van der Waals surface area contributed by atoms with Crippen LogP contribution in [0, 0.1) is 0 Å². The highest BCUT2D eigenvalue weighted by Gasteiger charge is 2.11. The lowest BCUT2D eigenvalue weighted by Gasteiger charge is -2.21. The molecule has 0 spiro atoms. The second-order valence-electron chi connectivity index (χ2n) is 3.20. The average Bonchev–Trinajstić information content (AvgIpc) is 2.17. The number of hydrogen-bond donors (Lipinski definition) is 1. The first-order chi connectivity index (χ1) is 6.13. The molecule has 2 heteroatoms. The van der Waals surface area contributed by atoms with Crippen molar-refractivity contribution >= 4 is 0 Å². The molecule has 0 fully saturated rings. The van der Waals surface area contributed by atoms with Crippen LogP contribution in [0.3, 0.4) is 0 Å². The van der Waals surface area contributed by atoms with Crippen LogP contribution in [-0.4, -0.2) is 24.1 Å². The fourth-order valence-electron chi connectivity index (χ4n) is 1.07. The normalized spacial score (nSPS) is 12.2. The highest BCUT2D eigenvalue weighted by Crippen LogP contribution is 2.20. The molecule has 0 aromatic heterocycles. The molecule has 0 amide bonds. The molecule has 2 nitrogen and oxygen atoms in total. The maximum atomic E-state index is 9.82. The molecule has 1 unspecified atom stereocenters. The molecule has 70 valence electrons. The molecule has 0 radical (unpaired) electrons. The van der Waals surface area contributed by atoms with Crippen LogP contribution in [0.2, 0.25) is 0 Å². The quantitative estimate of drug-likeness (QED) is 0.761. The summed E-state index contributed by atoms with van der Waals surface area (Å²) < 4.78 is 0. The van der Waals surface area contributed by atoms with E-state index in [1.165, 1.54) is 0 Å². The Bertz CT molecular complexity index is 279. The van der Waals surface area contributed by atoms with Crippen molar-refractivity contribution in [2.24, 2.45) is 0 Å². The lowest BCUT2D eigenvalue weighted by molar-refractivity contribution is 0.184. The largest absolute Gasteiger partial charge is 0.382 e. The highest BCUT2D eigenvalue weighted by molar-refractivity contribution is 5.23. The van der Waals surface area contributed by atoms with E-state index in [1.807, 2.05) is 49.3 Å². The van der Waals surface area contributed by atoms with Gasteiger partial charge in [0, 0.05) is 19.8 Å². The summed E-state index contributed by atoms with van der Waals surface area (Å²) in [7, 11) is 3.74. The maximum Gasteiger partial charge on any atom is 0.118 e. The van der Waals surface area contributed by atoms with Gasteiger partial charge in [-0.05, 0) is 5.56 Å². The predicted octanol–water partition coefficient (Wildman–Crippen LogP) is 1.80. The Hall–Kier alpha value is -1.28. The molecule has 1 aromatic rings. The number of nitrogens with zero attached hydrogens (tertiary/aromatic N) is 1. The van der Waals surface area contributed by atoms with Gasteiger partial charge < -0.3 is 10.0 Å². The first kappa shape index (κ1) is 9.81. The fraction of sp³-hybridized carbons (Fsp3) is 0.273. The van der Waals surface area contributed by atoms with Crippen molar-refractivity contribution < 1.29 is 5.11 Å². The van der Waals surface area contributed by atoms with Gasteiger partial charge in [-0.2, -0.15) is 0 Å². The van der Waals surface area contributed by atoms with Gasteiger partial charge >= 0.3 is 0 Å². The van der Waals surface area contributed by atoms with Crippen LogP contribution in [-0.2, 0) is 0 Å². The van der Waals surface area contributed by atoms with Gasteiger partial charge in [0.15, 0.2) is 0 Å². The van der Waals surface area contributed by atoms with Crippen LogP contribution in [0.25, 0.3) is 0 Å². The maximum absolute atomic E-state index is 9.82. The lowest BCUT2D eigenvalue weighted by atomic mass is 10.1. The van der Waals surface area contributed by atoms with E-state index in [4.69, 9.17) is 0 Å². The number of hydrogen-bond acceptors (Lipinski definition) is 2. The van der Waals surface area contributed by atoms with E-state index in [-0.39, 0.29) is 0 Å². The highest BCUT2D eigenvalue weighted by atomic mass is 16.3. The number of aliphatic hydroxyl groups excluding tert-OH is 1. The monoisotopic (exact) mass is 177 g/mol. The average molecular weight is 177 g/mol. The van der Waals surface area contributed by atoms with Gasteiger partial charge in [-0.25, -0.2) is 0 Å². The molecule has 0 aliphatic heterocycles. The minimum absolute atomic E-state index is 0.601. The van der Waals surface area contributed by atoms with Crippen LogP contribution in [0.5, 0.6) is 0 Å². The Balaban J connectivity index is 2.80. The first-order valence-corrected chi connectivity index (χ1v) is 4.22. The van der Waals surface area contributed by atoms with Crippen molar-refractivity contribution in [3.8, 4) is 0 Å². The SMILES string of the molecule is C=C(C(O)c1ccccc1)N(C)C. The predicted molar refractivity (Wildman–Crippen MR) is 54.2 cm³/mol. The first-order valence-electron chi connectivity index (χ1n) is 4.22. The molecule has 0 aliphatic carbocycles. The molecule has 0 saturated heterocycles. The lowest BCUT2D eigenvalue weighted by Crippen LogP contribution is -2.16. The second-order valence-corrected chi connectivity index (χ2v) is 3.20. The van der Waals surface area contributed by atoms with Gasteiger partial charge in [-0.3, -0.25) is 0 Å². The van der Waals surface area contributed by atoms with Crippen molar-refractivity contribution in [3.63, 3.8) is 0 Å². The third kappa shape index (κ3) is 2.33. The van der Waals surface area contributed by atoms with E-state index in [0.29, 0.717) is 5.70 Å². The Morgan fingerprint density at radius 2 is 1.85 bits per heavy atom. The van der Waals surface area contributed by atoms with Crippen LogP contribution >= 0.6 is 0 Å². The van der Waals surface area contributed by atoms with Gasteiger partial charge in [0.2, 0.25) is 0 Å². The Morgan fingerprint density at radius 3 is 2.31 bits per heavy atom. The van der Waals surface area contributed by atoms with Crippen molar-refractivity contribution in [3.05, 3.63) is 48.2 Å². The fourth-order valence-corrected chi connectivity index (χ4v) is 1.07. The third-order valence-corrected chi connectivity index (χ3v) is 2.01. The molecule has 1 atom stereocenters. The van der Waals surface area contributed by atoms with Gasteiger partial charge in [0.1, 0.15) is 6.10 Å². The zero-order valence-corrected chi connectivity index (χ0v) is 8.07. The molecule has 13 heavy (non-hydrogen) atoms. The summed E-state index contributed by atoms with van der Waals surface area (Å²) in [5.74, 6) is 0. The van der Waals surface area contributed by atoms with Crippen LogP contribution in [0.15, 0.2) is 42.6 Å². The topological polar surface area (TPSA) is 23.5 Å². The summed E-state index contributed by atoms with van der Waals surface area (Å²) in [5.41, 5.74) is 1.58. The molecule has 1 rings (SSSR count). The van der Waals surface area contributed by atoms with E-state index in [0.717, 1.165) is 5.56 Å². The summed E-state index contributed by atoms with van der Waals surface area (Å²) in [5, 5.41) is 9.82. The summed E-state index contributed by atoms with van der Waals surface area (Å²) in [4.78, 5) is 1.82. The summed E-state index contributed by atoms with van der Waals surface area (Å²) in [6, 6.07) is 9.51. The Kier molecular flexibility index (Phi) is 3.09. The van der Waals surface area contributed by atoms with Crippen molar-refractivity contribution in [1.29, 1.82) is 0 Å². The molecule has 1 N–H and O–H groups in total.